The number of aromatic nitrogens is 1. The van der Waals surface area contributed by atoms with E-state index in [0.29, 0.717) is 0 Å². The Kier molecular flexibility index (Phi) is 5.07. The summed E-state index contributed by atoms with van der Waals surface area (Å²) in [5, 5.41) is 7.71. The molecule has 0 fully saturated rings. The first-order chi connectivity index (χ1) is 10.7. The van der Waals surface area contributed by atoms with E-state index in [2.05, 4.69) is 38.1 Å². The summed E-state index contributed by atoms with van der Waals surface area (Å²) in [5.41, 5.74) is 5.99. The van der Waals surface area contributed by atoms with Gasteiger partial charge in [-0.15, -0.1) is 11.3 Å². The van der Waals surface area contributed by atoms with Crippen LogP contribution in [0.15, 0.2) is 59.0 Å². The van der Waals surface area contributed by atoms with Crippen molar-refractivity contribution in [3.05, 3.63) is 68.1 Å². The molecule has 0 saturated heterocycles. The molecule has 1 heterocycles. The lowest BCUT2D eigenvalue weighted by Crippen LogP contribution is -1.91. The third kappa shape index (κ3) is 3.85. The van der Waals surface area contributed by atoms with E-state index in [1.54, 1.807) is 6.21 Å². The van der Waals surface area contributed by atoms with Crippen molar-refractivity contribution in [2.45, 2.75) is 0 Å². The van der Waals surface area contributed by atoms with Crippen LogP contribution in [0.25, 0.3) is 11.3 Å². The molecular formula is C16H11ClIN3S. The van der Waals surface area contributed by atoms with Crippen LogP contribution >= 0.6 is 45.5 Å². The first-order valence-corrected chi connectivity index (χ1v) is 8.81. The Morgan fingerprint density at radius 2 is 1.91 bits per heavy atom. The topological polar surface area (TPSA) is 37.3 Å². The molecule has 0 amide bonds. The maximum Gasteiger partial charge on any atom is 0.203 e. The van der Waals surface area contributed by atoms with Crippen LogP contribution in [-0.4, -0.2) is 11.2 Å². The maximum atomic E-state index is 5.89. The Morgan fingerprint density at radius 3 is 2.68 bits per heavy atom. The van der Waals surface area contributed by atoms with Gasteiger partial charge in [0, 0.05) is 25.1 Å². The predicted octanol–water partition coefficient (Wildman–Crippen LogP) is 5.51. The van der Waals surface area contributed by atoms with E-state index in [1.807, 2.05) is 53.9 Å². The van der Waals surface area contributed by atoms with E-state index in [1.165, 1.54) is 11.3 Å². The standard InChI is InChI=1S/C16H11ClIN3S/c17-13-7-5-11(6-8-13)15-10-22-16(20-15)21-19-9-12-3-1-2-4-14(12)18/h1-10H,(H,20,21). The number of thiazole rings is 1. The van der Waals surface area contributed by atoms with Gasteiger partial charge in [-0.1, -0.05) is 41.9 Å². The van der Waals surface area contributed by atoms with Gasteiger partial charge in [-0.05, 0) is 40.8 Å². The van der Waals surface area contributed by atoms with Crippen LogP contribution < -0.4 is 5.43 Å². The van der Waals surface area contributed by atoms with Crippen molar-refractivity contribution < 1.29 is 0 Å². The highest BCUT2D eigenvalue weighted by molar-refractivity contribution is 14.1. The zero-order valence-electron chi connectivity index (χ0n) is 11.3. The minimum absolute atomic E-state index is 0.722. The Bertz CT molecular complexity index is 799. The van der Waals surface area contributed by atoms with Crippen LogP contribution in [0.3, 0.4) is 0 Å². The maximum absolute atomic E-state index is 5.89. The van der Waals surface area contributed by atoms with E-state index >= 15 is 0 Å². The highest BCUT2D eigenvalue weighted by Crippen LogP contribution is 2.25. The van der Waals surface area contributed by atoms with E-state index in [0.717, 1.165) is 30.5 Å². The third-order valence-electron chi connectivity index (χ3n) is 2.91. The molecule has 0 unspecified atom stereocenters. The van der Waals surface area contributed by atoms with Gasteiger partial charge in [0.05, 0.1) is 11.9 Å². The van der Waals surface area contributed by atoms with Crippen LogP contribution in [0.4, 0.5) is 5.13 Å². The first-order valence-electron chi connectivity index (χ1n) is 6.47. The summed E-state index contributed by atoms with van der Waals surface area (Å²) < 4.78 is 1.16. The smallest absolute Gasteiger partial charge is 0.203 e. The molecule has 3 rings (SSSR count). The molecule has 6 heteroatoms. The Morgan fingerprint density at radius 1 is 1.14 bits per heavy atom. The molecule has 1 N–H and O–H groups in total. The third-order valence-corrected chi connectivity index (χ3v) is 4.89. The average Bonchev–Trinajstić information content (AvgIpc) is 2.99. The quantitative estimate of drug-likeness (QED) is 0.330. The van der Waals surface area contributed by atoms with Gasteiger partial charge >= 0.3 is 0 Å². The number of hydrogen-bond donors (Lipinski definition) is 1. The number of nitrogens with one attached hydrogen (secondary N) is 1. The van der Waals surface area contributed by atoms with E-state index < -0.39 is 0 Å². The second kappa shape index (κ2) is 7.21. The second-order valence-electron chi connectivity index (χ2n) is 4.44. The largest absolute Gasteiger partial charge is 0.253 e. The van der Waals surface area contributed by atoms with Crippen molar-refractivity contribution >= 4 is 56.9 Å². The van der Waals surface area contributed by atoms with Crippen LogP contribution in [0.1, 0.15) is 5.56 Å². The monoisotopic (exact) mass is 439 g/mol. The Balaban J connectivity index is 1.70. The van der Waals surface area contributed by atoms with E-state index in [4.69, 9.17) is 11.6 Å². The van der Waals surface area contributed by atoms with Crippen molar-refractivity contribution in [2.24, 2.45) is 5.10 Å². The number of benzene rings is 2. The number of anilines is 1. The Hall–Kier alpha value is -1.44. The zero-order valence-corrected chi connectivity index (χ0v) is 15.1. The SMILES string of the molecule is Clc1ccc(-c2csc(NN=Cc3ccccc3I)n2)cc1. The number of hydrazone groups is 1. The van der Waals surface area contributed by atoms with Gasteiger partial charge in [0.25, 0.3) is 0 Å². The summed E-state index contributed by atoms with van der Waals surface area (Å²) in [6.45, 7) is 0. The van der Waals surface area contributed by atoms with Gasteiger partial charge in [0.2, 0.25) is 5.13 Å². The molecule has 3 aromatic rings. The van der Waals surface area contributed by atoms with Gasteiger partial charge in [-0.3, -0.25) is 5.43 Å². The van der Waals surface area contributed by atoms with Gasteiger partial charge < -0.3 is 0 Å². The van der Waals surface area contributed by atoms with Crippen LogP contribution in [0.5, 0.6) is 0 Å². The number of nitrogens with zero attached hydrogens (tertiary/aromatic N) is 2. The van der Waals surface area contributed by atoms with Gasteiger partial charge in [0.15, 0.2) is 0 Å². The van der Waals surface area contributed by atoms with E-state index in [-0.39, 0.29) is 0 Å². The summed E-state index contributed by atoms with van der Waals surface area (Å²) in [6, 6.07) is 15.7. The van der Waals surface area contributed by atoms with Crippen molar-refractivity contribution in [3.8, 4) is 11.3 Å². The molecule has 22 heavy (non-hydrogen) atoms. The zero-order chi connectivity index (χ0) is 15.4. The highest BCUT2D eigenvalue weighted by Gasteiger charge is 2.03. The molecule has 0 radical (unpaired) electrons. The van der Waals surface area contributed by atoms with E-state index in [9.17, 15) is 0 Å². The fourth-order valence-electron chi connectivity index (χ4n) is 1.82. The molecule has 0 aliphatic heterocycles. The normalized spacial score (nSPS) is 11.0. The second-order valence-corrected chi connectivity index (χ2v) is 6.89. The predicted molar refractivity (Wildman–Crippen MR) is 103 cm³/mol. The van der Waals surface area contributed by atoms with Crippen LogP contribution in [-0.2, 0) is 0 Å². The lowest BCUT2D eigenvalue weighted by atomic mass is 10.2. The van der Waals surface area contributed by atoms with Crippen molar-refractivity contribution in [2.75, 3.05) is 5.43 Å². The molecule has 0 spiro atoms. The Labute approximate surface area is 151 Å². The minimum atomic E-state index is 0.722. The summed E-state index contributed by atoms with van der Waals surface area (Å²) in [4.78, 5) is 4.51. The number of hydrogen-bond acceptors (Lipinski definition) is 4. The molecule has 0 bridgehead atoms. The molecule has 110 valence electrons. The fraction of sp³-hybridized carbons (Fsp3) is 0. The van der Waals surface area contributed by atoms with Crippen LogP contribution in [0.2, 0.25) is 5.02 Å². The molecular weight excluding hydrogens is 429 g/mol. The fourth-order valence-corrected chi connectivity index (χ4v) is 3.14. The first kappa shape index (κ1) is 15.5. The molecule has 0 aliphatic rings. The molecule has 2 aromatic carbocycles. The molecule has 0 saturated carbocycles. The molecule has 0 atom stereocenters. The molecule has 0 aliphatic carbocycles. The highest BCUT2D eigenvalue weighted by atomic mass is 127. The van der Waals surface area contributed by atoms with Crippen molar-refractivity contribution in [1.29, 1.82) is 0 Å². The molecule has 3 nitrogen and oxygen atoms in total. The van der Waals surface area contributed by atoms with Gasteiger partial charge in [-0.25, -0.2) is 4.98 Å². The lowest BCUT2D eigenvalue weighted by molar-refractivity contribution is 1.29. The summed E-state index contributed by atoms with van der Waals surface area (Å²) in [6.07, 6.45) is 1.80. The number of halogens is 2. The van der Waals surface area contributed by atoms with Gasteiger partial charge in [-0.2, -0.15) is 5.10 Å². The van der Waals surface area contributed by atoms with Gasteiger partial charge in [0.1, 0.15) is 0 Å². The number of rotatable bonds is 4. The lowest BCUT2D eigenvalue weighted by Gasteiger charge is -1.97. The summed E-state index contributed by atoms with van der Waals surface area (Å²) in [7, 11) is 0. The summed E-state index contributed by atoms with van der Waals surface area (Å²) in [5.74, 6) is 0. The average molecular weight is 440 g/mol. The van der Waals surface area contributed by atoms with Crippen LogP contribution in [0, 0.1) is 3.57 Å². The summed E-state index contributed by atoms with van der Waals surface area (Å²) >= 11 is 9.70. The van der Waals surface area contributed by atoms with Crippen molar-refractivity contribution in [3.63, 3.8) is 0 Å². The minimum Gasteiger partial charge on any atom is -0.253 e. The molecule has 1 aromatic heterocycles. The van der Waals surface area contributed by atoms with Crippen molar-refractivity contribution in [1.82, 2.24) is 4.98 Å².